The monoisotopic (exact) mass is 531 g/mol. The highest BCUT2D eigenvalue weighted by Crippen LogP contribution is 2.27. The van der Waals surface area contributed by atoms with Crippen molar-refractivity contribution in [1.82, 2.24) is 4.90 Å². The molecule has 1 aliphatic rings. The van der Waals surface area contributed by atoms with Crippen molar-refractivity contribution in [3.8, 4) is 11.3 Å². The van der Waals surface area contributed by atoms with Crippen molar-refractivity contribution in [3.05, 3.63) is 99.4 Å². The Balaban J connectivity index is 1.13. The Morgan fingerprint density at radius 1 is 1.00 bits per heavy atom. The summed E-state index contributed by atoms with van der Waals surface area (Å²) in [7, 11) is 0. The lowest BCUT2D eigenvalue weighted by Gasteiger charge is -2.36. The Morgan fingerprint density at radius 3 is 2.49 bits per heavy atom. The molecule has 0 radical (unpaired) electrons. The van der Waals surface area contributed by atoms with Crippen LogP contribution in [0.1, 0.15) is 21.0 Å². The number of hydrogen-bond donors (Lipinski definition) is 1. The summed E-state index contributed by atoms with van der Waals surface area (Å²) < 4.78 is 5.84. The molecule has 6 nitrogen and oxygen atoms in total. The van der Waals surface area contributed by atoms with E-state index in [0.717, 1.165) is 34.8 Å². The van der Waals surface area contributed by atoms with Crippen molar-refractivity contribution in [2.45, 2.75) is 6.92 Å². The lowest BCUT2D eigenvalue weighted by Crippen LogP contribution is -2.48. The average molecular weight is 532 g/mol. The number of nitrogens with zero attached hydrogens (tertiary/aromatic N) is 2. The minimum absolute atomic E-state index is 0.103. The predicted octanol–water partition coefficient (Wildman–Crippen LogP) is 6.58. The molecule has 37 heavy (non-hydrogen) atoms. The molecule has 1 saturated heterocycles. The summed E-state index contributed by atoms with van der Waals surface area (Å²) in [5.41, 5.74) is 3.66. The van der Waals surface area contributed by atoms with Gasteiger partial charge < -0.3 is 19.5 Å². The predicted molar refractivity (Wildman–Crippen MR) is 150 cm³/mol. The second-order valence-corrected chi connectivity index (χ2v) is 10.1. The summed E-state index contributed by atoms with van der Waals surface area (Å²) in [5.74, 6) is 1.12. The first-order chi connectivity index (χ1) is 18.0. The summed E-state index contributed by atoms with van der Waals surface area (Å²) in [6, 6.07) is 21.0. The van der Waals surface area contributed by atoms with Crippen LogP contribution in [0.15, 0.2) is 82.6 Å². The number of aryl methyl sites for hydroxylation is 1. The molecule has 1 fully saturated rings. The molecular weight excluding hydrogens is 506 g/mol. The van der Waals surface area contributed by atoms with Crippen LogP contribution in [0.3, 0.4) is 0 Å². The quantitative estimate of drug-likeness (QED) is 0.285. The first-order valence-electron chi connectivity index (χ1n) is 12.0. The van der Waals surface area contributed by atoms with Gasteiger partial charge in [0, 0.05) is 54.2 Å². The highest BCUT2D eigenvalue weighted by atomic mass is 35.5. The Kier molecular flexibility index (Phi) is 7.44. The number of carbonyl (C=O) groups excluding carboxylic acids is 2. The van der Waals surface area contributed by atoms with Gasteiger partial charge in [-0.1, -0.05) is 29.8 Å². The van der Waals surface area contributed by atoms with Gasteiger partial charge in [0.15, 0.2) is 0 Å². The number of halogens is 1. The van der Waals surface area contributed by atoms with Crippen LogP contribution in [0.5, 0.6) is 0 Å². The molecule has 0 unspecified atom stereocenters. The number of furan rings is 1. The lowest BCUT2D eigenvalue weighted by molar-refractivity contribution is -0.111. The van der Waals surface area contributed by atoms with E-state index in [4.69, 9.17) is 16.0 Å². The van der Waals surface area contributed by atoms with E-state index < -0.39 is 0 Å². The largest absolute Gasteiger partial charge is 0.457 e. The van der Waals surface area contributed by atoms with E-state index in [-0.39, 0.29) is 11.8 Å². The molecule has 8 heteroatoms. The molecule has 2 aromatic carbocycles. The summed E-state index contributed by atoms with van der Waals surface area (Å²) in [6.45, 7) is 4.86. The summed E-state index contributed by atoms with van der Waals surface area (Å²) >= 11 is 7.69. The first-order valence-corrected chi connectivity index (χ1v) is 13.3. The third kappa shape index (κ3) is 5.96. The maximum Gasteiger partial charge on any atom is 0.264 e. The second kappa shape index (κ2) is 11.1. The van der Waals surface area contributed by atoms with Gasteiger partial charge in [0.1, 0.15) is 11.5 Å². The Labute approximate surface area is 224 Å². The fourth-order valence-electron chi connectivity index (χ4n) is 4.16. The molecule has 188 valence electrons. The van der Waals surface area contributed by atoms with E-state index in [1.54, 1.807) is 6.08 Å². The Hall–Kier alpha value is -3.81. The number of carbonyl (C=O) groups is 2. The highest BCUT2D eigenvalue weighted by molar-refractivity contribution is 7.12. The zero-order chi connectivity index (χ0) is 25.8. The van der Waals surface area contributed by atoms with Crippen LogP contribution in [-0.2, 0) is 4.79 Å². The Bertz CT molecular complexity index is 1420. The molecule has 0 aliphatic carbocycles. The minimum Gasteiger partial charge on any atom is -0.457 e. The van der Waals surface area contributed by atoms with E-state index in [1.807, 2.05) is 83.9 Å². The van der Waals surface area contributed by atoms with Gasteiger partial charge in [0.2, 0.25) is 5.91 Å². The minimum atomic E-state index is -0.246. The number of piperazine rings is 1. The maximum absolute atomic E-state index is 12.5. The van der Waals surface area contributed by atoms with Gasteiger partial charge in [-0.05, 0) is 72.5 Å². The average Bonchev–Trinajstić information content (AvgIpc) is 3.62. The van der Waals surface area contributed by atoms with Crippen LogP contribution < -0.4 is 10.2 Å². The highest BCUT2D eigenvalue weighted by Gasteiger charge is 2.22. The van der Waals surface area contributed by atoms with E-state index in [0.29, 0.717) is 35.3 Å². The van der Waals surface area contributed by atoms with E-state index in [9.17, 15) is 9.59 Å². The number of nitrogens with one attached hydrogen (secondary N) is 1. The topological polar surface area (TPSA) is 65.8 Å². The van der Waals surface area contributed by atoms with Crippen molar-refractivity contribution in [2.24, 2.45) is 0 Å². The van der Waals surface area contributed by atoms with Gasteiger partial charge in [-0.25, -0.2) is 0 Å². The van der Waals surface area contributed by atoms with Gasteiger partial charge in [-0.2, -0.15) is 0 Å². The smallest absolute Gasteiger partial charge is 0.264 e. The van der Waals surface area contributed by atoms with Crippen LogP contribution in [0.25, 0.3) is 17.4 Å². The van der Waals surface area contributed by atoms with Crippen molar-refractivity contribution >= 4 is 52.2 Å². The standard InChI is InChI=1S/C29H26ClN3O3S/c1-20-4-5-21(19-25(20)30)26-12-10-24(36-26)11-13-28(34)31-22-6-8-23(9-7-22)32-14-16-33(17-15-32)29(35)27-3-2-18-37-27/h2-13,18-19H,14-17H2,1H3,(H,31,34)/b13-11+. The molecule has 1 N–H and O–H groups in total. The van der Waals surface area contributed by atoms with Crippen molar-refractivity contribution in [1.29, 1.82) is 0 Å². The molecular formula is C29H26ClN3O3S. The number of rotatable bonds is 6. The molecule has 4 aromatic rings. The molecule has 2 aromatic heterocycles. The van der Waals surface area contributed by atoms with Crippen LogP contribution in [0.4, 0.5) is 11.4 Å². The van der Waals surface area contributed by atoms with Crippen LogP contribution in [0, 0.1) is 6.92 Å². The van der Waals surface area contributed by atoms with Gasteiger partial charge in [-0.3, -0.25) is 9.59 Å². The molecule has 0 saturated carbocycles. The molecule has 0 atom stereocenters. The van der Waals surface area contributed by atoms with Crippen molar-refractivity contribution in [2.75, 3.05) is 36.4 Å². The number of hydrogen-bond acceptors (Lipinski definition) is 5. The van der Waals surface area contributed by atoms with Gasteiger partial charge >= 0.3 is 0 Å². The molecule has 1 aliphatic heterocycles. The van der Waals surface area contributed by atoms with Gasteiger partial charge in [0.05, 0.1) is 4.88 Å². The zero-order valence-electron chi connectivity index (χ0n) is 20.3. The molecule has 3 heterocycles. The molecule has 5 rings (SSSR count). The van der Waals surface area contributed by atoms with Crippen LogP contribution >= 0.6 is 22.9 Å². The zero-order valence-corrected chi connectivity index (χ0v) is 21.9. The molecule has 0 spiro atoms. The molecule has 0 bridgehead atoms. The third-order valence-electron chi connectivity index (χ3n) is 6.28. The number of anilines is 2. The number of benzene rings is 2. The summed E-state index contributed by atoms with van der Waals surface area (Å²) in [5, 5.41) is 5.49. The van der Waals surface area contributed by atoms with Crippen LogP contribution in [-0.4, -0.2) is 42.9 Å². The van der Waals surface area contributed by atoms with Gasteiger partial charge in [-0.15, -0.1) is 11.3 Å². The van der Waals surface area contributed by atoms with Crippen LogP contribution in [0.2, 0.25) is 5.02 Å². The summed E-state index contributed by atoms with van der Waals surface area (Å²) in [6.07, 6.45) is 3.09. The van der Waals surface area contributed by atoms with E-state index in [2.05, 4.69) is 10.2 Å². The SMILES string of the molecule is Cc1ccc(-c2ccc(/C=C/C(=O)Nc3ccc(N4CCN(C(=O)c5cccs5)CC4)cc3)o2)cc1Cl. The van der Waals surface area contributed by atoms with Gasteiger partial charge in [0.25, 0.3) is 5.91 Å². The lowest BCUT2D eigenvalue weighted by atomic mass is 10.1. The Morgan fingerprint density at radius 2 is 1.78 bits per heavy atom. The normalized spacial score (nSPS) is 13.8. The fraction of sp³-hybridized carbons (Fsp3) is 0.172. The fourth-order valence-corrected chi connectivity index (χ4v) is 5.04. The van der Waals surface area contributed by atoms with Crippen molar-refractivity contribution < 1.29 is 14.0 Å². The van der Waals surface area contributed by atoms with Crippen molar-refractivity contribution in [3.63, 3.8) is 0 Å². The van der Waals surface area contributed by atoms with E-state index >= 15 is 0 Å². The van der Waals surface area contributed by atoms with E-state index in [1.165, 1.54) is 17.4 Å². The first kappa shape index (κ1) is 24.9. The second-order valence-electron chi connectivity index (χ2n) is 8.79. The number of thiophene rings is 1. The third-order valence-corrected chi connectivity index (χ3v) is 7.55. The number of amides is 2. The molecule has 2 amide bonds. The maximum atomic E-state index is 12.5. The summed E-state index contributed by atoms with van der Waals surface area (Å²) in [4.78, 5) is 29.9.